The van der Waals surface area contributed by atoms with E-state index in [1.807, 2.05) is 30.3 Å². The molecule has 0 fully saturated rings. The molecule has 0 aromatic heterocycles. The Morgan fingerprint density at radius 3 is 1.63 bits per heavy atom. The standard InChI is InChI=1S/C37H27BNO2/c40-38-41-32-23-20-30(21-24-32)39(29-16-8-3-9-17-29)31-22-25-34-33-18-10-11-19-35(33)37(36(34)26-31,27-12-4-1-5-13-27)28-14-6-2-7-15-28/h1-26,40H. The van der Waals surface area contributed by atoms with Crippen molar-refractivity contribution >= 4 is 24.7 Å². The first-order valence-electron chi connectivity index (χ1n) is 13.7. The summed E-state index contributed by atoms with van der Waals surface area (Å²) >= 11 is 0. The van der Waals surface area contributed by atoms with Crippen molar-refractivity contribution in [3.63, 3.8) is 0 Å². The summed E-state index contributed by atoms with van der Waals surface area (Å²) in [5.41, 5.74) is 10.1. The third kappa shape index (κ3) is 4.12. The molecule has 6 aromatic carbocycles. The Bertz CT molecular complexity index is 1750. The van der Waals surface area contributed by atoms with Gasteiger partial charge in [-0.15, -0.1) is 0 Å². The van der Waals surface area contributed by atoms with Gasteiger partial charge >= 0.3 is 7.69 Å². The van der Waals surface area contributed by atoms with Crippen LogP contribution in [0.3, 0.4) is 0 Å². The summed E-state index contributed by atoms with van der Waals surface area (Å²) in [6.45, 7) is 0. The second-order valence-electron chi connectivity index (χ2n) is 10.1. The van der Waals surface area contributed by atoms with Crippen molar-refractivity contribution < 1.29 is 9.68 Å². The first-order valence-corrected chi connectivity index (χ1v) is 13.7. The average molecular weight is 528 g/mol. The first kappa shape index (κ1) is 24.9. The van der Waals surface area contributed by atoms with Crippen molar-refractivity contribution in [1.29, 1.82) is 0 Å². The normalized spacial score (nSPS) is 12.7. The van der Waals surface area contributed by atoms with Crippen LogP contribution in [0.5, 0.6) is 5.75 Å². The predicted octanol–water partition coefficient (Wildman–Crippen LogP) is 8.42. The fraction of sp³-hybridized carbons (Fsp3) is 0.0270. The summed E-state index contributed by atoms with van der Waals surface area (Å²) in [6.07, 6.45) is 0. The quantitative estimate of drug-likeness (QED) is 0.211. The minimum Gasteiger partial charge on any atom is -0.537 e. The van der Waals surface area contributed by atoms with Gasteiger partial charge in [0.05, 0.1) is 5.41 Å². The zero-order valence-electron chi connectivity index (χ0n) is 22.4. The minimum atomic E-state index is -0.471. The van der Waals surface area contributed by atoms with E-state index >= 15 is 0 Å². The first-order chi connectivity index (χ1) is 20.3. The van der Waals surface area contributed by atoms with Crippen LogP contribution < -0.4 is 9.55 Å². The van der Waals surface area contributed by atoms with Crippen molar-refractivity contribution in [3.05, 3.63) is 180 Å². The van der Waals surface area contributed by atoms with Gasteiger partial charge in [0.2, 0.25) is 0 Å². The predicted molar refractivity (Wildman–Crippen MR) is 167 cm³/mol. The van der Waals surface area contributed by atoms with Crippen LogP contribution >= 0.6 is 0 Å². The molecule has 7 rings (SSSR count). The largest absolute Gasteiger partial charge is 0.569 e. The fourth-order valence-electron chi connectivity index (χ4n) is 6.33. The Hall–Kier alpha value is -5.06. The minimum absolute atomic E-state index is 0.471. The van der Waals surface area contributed by atoms with Crippen LogP contribution in [0.1, 0.15) is 22.3 Å². The topological polar surface area (TPSA) is 32.7 Å². The molecule has 0 unspecified atom stereocenters. The van der Waals surface area contributed by atoms with Gasteiger partial charge in [0.1, 0.15) is 5.75 Å². The number of anilines is 3. The molecule has 0 atom stereocenters. The molecule has 0 aliphatic heterocycles. The van der Waals surface area contributed by atoms with Gasteiger partial charge in [-0.25, -0.2) is 0 Å². The fourth-order valence-corrected chi connectivity index (χ4v) is 6.33. The smallest absolute Gasteiger partial charge is 0.537 e. The number of rotatable bonds is 7. The van der Waals surface area contributed by atoms with Crippen molar-refractivity contribution in [2.75, 3.05) is 4.90 Å². The molecule has 0 spiro atoms. The zero-order chi connectivity index (χ0) is 27.6. The van der Waals surface area contributed by atoms with E-state index < -0.39 is 5.41 Å². The number of fused-ring (bicyclic) bond motifs is 3. The average Bonchev–Trinajstić information content (AvgIpc) is 3.34. The molecular weight excluding hydrogens is 501 g/mol. The highest BCUT2D eigenvalue weighted by molar-refractivity contribution is 6.17. The highest BCUT2D eigenvalue weighted by Crippen LogP contribution is 2.57. The lowest BCUT2D eigenvalue weighted by atomic mass is 9.67. The molecule has 1 aliphatic carbocycles. The Labute approximate surface area is 241 Å². The van der Waals surface area contributed by atoms with Crippen LogP contribution in [0.25, 0.3) is 11.1 Å². The molecule has 0 saturated carbocycles. The SMILES string of the molecule is O[B]Oc1ccc(N(c2ccccc2)c2ccc3c(c2)C(c2ccccc2)(c2ccccc2)c2ccccc2-3)cc1. The van der Waals surface area contributed by atoms with Crippen LogP contribution in [0.2, 0.25) is 0 Å². The van der Waals surface area contributed by atoms with E-state index in [-0.39, 0.29) is 0 Å². The number of nitrogens with zero attached hydrogens (tertiary/aromatic N) is 1. The molecule has 41 heavy (non-hydrogen) atoms. The Kier molecular flexibility index (Phi) is 6.39. The number of hydrogen-bond acceptors (Lipinski definition) is 3. The molecule has 3 nitrogen and oxygen atoms in total. The second-order valence-corrected chi connectivity index (χ2v) is 10.1. The zero-order valence-corrected chi connectivity index (χ0v) is 22.4. The maximum atomic E-state index is 9.10. The van der Waals surface area contributed by atoms with Crippen molar-refractivity contribution in [2.24, 2.45) is 0 Å². The summed E-state index contributed by atoms with van der Waals surface area (Å²) < 4.78 is 5.19. The van der Waals surface area contributed by atoms with E-state index in [0.717, 1.165) is 17.1 Å². The van der Waals surface area contributed by atoms with Gasteiger partial charge in [-0.3, -0.25) is 0 Å². The summed E-state index contributed by atoms with van der Waals surface area (Å²) in [7, 11) is 0.703. The molecule has 195 valence electrons. The molecule has 1 N–H and O–H groups in total. The lowest BCUT2D eigenvalue weighted by Crippen LogP contribution is -2.28. The van der Waals surface area contributed by atoms with Gasteiger partial charge in [0.15, 0.2) is 0 Å². The van der Waals surface area contributed by atoms with Gasteiger partial charge in [-0.05, 0) is 81.9 Å². The molecule has 0 amide bonds. The highest BCUT2D eigenvalue weighted by atomic mass is 16.5. The third-order valence-electron chi connectivity index (χ3n) is 8.00. The number of para-hydroxylation sites is 1. The maximum Gasteiger partial charge on any atom is 0.569 e. The molecule has 1 aliphatic rings. The van der Waals surface area contributed by atoms with Crippen LogP contribution in [-0.4, -0.2) is 12.7 Å². The monoisotopic (exact) mass is 528 g/mol. The van der Waals surface area contributed by atoms with E-state index in [9.17, 15) is 0 Å². The molecule has 0 saturated heterocycles. The van der Waals surface area contributed by atoms with Crippen LogP contribution in [0, 0.1) is 0 Å². The third-order valence-corrected chi connectivity index (χ3v) is 8.00. The maximum absolute atomic E-state index is 9.10. The van der Waals surface area contributed by atoms with E-state index in [0.29, 0.717) is 13.4 Å². The molecule has 0 bridgehead atoms. The number of hydrogen-bond donors (Lipinski definition) is 1. The van der Waals surface area contributed by atoms with Gasteiger partial charge in [0.25, 0.3) is 0 Å². The van der Waals surface area contributed by atoms with E-state index in [4.69, 9.17) is 9.68 Å². The van der Waals surface area contributed by atoms with Gasteiger partial charge in [-0.2, -0.15) is 0 Å². The summed E-state index contributed by atoms with van der Waals surface area (Å²) in [5, 5.41) is 9.10. The second kappa shape index (κ2) is 10.5. The van der Waals surface area contributed by atoms with Crippen molar-refractivity contribution in [3.8, 4) is 16.9 Å². The van der Waals surface area contributed by atoms with E-state index in [1.54, 1.807) is 0 Å². The summed E-state index contributed by atoms with van der Waals surface area (Å²) in [6, 6.07) is 55.5. The summed E-state index contributed by atoms with van der Waals surface area (Å²) in [5.74, 6) is 0.570. The van der Waals surface area contributed by atoms with Crippen LogP contribution in [0.15, 0.2) is 158 Å². The van der Waals surface area contributed by atoms with Gasteiger partial charge in [-0.1, -0.05) is 109 Å². The lowest BCUT2D eigenvalue weighted by Gasteiger charge is -2.35. The Balaban J connectivity index is 1.50. The summed E-state index contributed by atoms with van der Waals surface area (Å²) in [4.78, 5) is 2.26. The Morgan fingerprint density at radius 1 is 0.488 bits per heavy atom. The molecular formula is C37H27BNO2. The van der Waals surface area contributed by atoms with Crippen molar-refractivity contribution in [2.45, 2.75) is 5.41 Å². The lowest BCUT2D eigenvalue weighted by molar-refractivity contribution is 0.454. The van der Waals surface area contributed by atoms with Crippen LogP contribution in [-0.2, 0) is 5.41 Å². The number of benzene rings is 6. The molecule has 1 radical (unpaired) electrons. The highest BCUT2D eigenvalue weighted by Gasteiger charge is 2.46. The van der Waals surface area contributed by atoms with Gasteiger partial charge < -0.3 is 14.6 Å². The van der Waals surface area contributed by atoms with E-state index in [1.165, 1.54) is 33.4 Å². The van der Waals surface area contributed by atoms with Gasteiger partial charge in [0, 0.05) is 17.1 Å². The molecule has 6 aromatic rings. The van der Waals surface area contributed by atoms with Crippen LogP contribution in [0.4, 0.5) is 17.1 Å². The molecule has 4 heteroatoms. The van der Waals surface area contributed by atoms with E-state index in [2.05, 4.69) is 132 Å². The van der Waals surface area contributed by atoms with Crippen molar-refractivity contribution in [1.82, 2.24) is 0 Å². The molecule has 0 heterocycles. The Morgan fingerprint density at radius 2 is 1.00 bits per heavy atom.